The molecule has 2 rings (SSSR count). The van der Waals surface area contributed by atoms with Gasteiger partial charge in [-0.05, 0) is 31.1 Å². The first-order valence-electron chi connectivity index (χ1n) is 7.12. The van der Waals surface area contributed by atoms with Crippen molar-refractivity contribution in [1.82, 2.24) is 10.2 Å². The van der Waals surface area contributed by atoms with Gasteiger partial charge in [0, 0.05) is 6.04 Å². The normalized spacial score (nSPS) is 31.8. The summed E-state index contributed by atoms with van der Waals surface area (Å²) in [5, 5.41) is 2.83. The van der Waals surface area contributed by atoms with Crippen molar-refractivity contribution >= 4 is 11.8 Å². The van der Waals surface area contributed by atoms with Gasteiger partial charge in [-0.15, -0.1) is 0 Å². The van der Waals surface area contributed by atoms with Crippen molar-refractivity contribution in [3.8, 4) is 0 Å². The molecule has 1 saturated carbocycles. The van der Waals surface area contributed by atoms with E-state index >= 15 is 0 Å². The van der Waals surface area contributed by atoms with Gasteiger partial charge in [-0.3, -0.25) is 9.59 Å². The molecular weight excluding hydrogens is 228 g/mol. The lowest BCUT2D eigenvalue weighted by atomic mass is 10.0. The van der Waals surface area contributed by atoms with Gasteiger partial charge in [-0.25, -0.2) is 0 Å². The predicted octanol–water partition coefficient (Wildman–Crippen LogP) is 1.55. The number of hydrogen-bond donors (Lipinski definition) is 1. The number of piperazine rings is 1. The first-order valence-corrected chi connectivity index (χ1v) is 7.12. The number of amides is 2. The molecule has 1 saturated heterocycles. The summed E-state index contributed by atoms with van der Waals surface area (Å²) in [5.41, 5.74) is 0. The lowest BCUT2D eigenvalue weighted by Gasteiger charge is -2.33. The zero-order chi connectivity index (χ0) is 13.3. The van der Waals surface area contributed by atoms with Crippen molar-refractivity contribution in [3.05, 3.63) is 0 Å². The number of carbonyl (C=O) groups is 2. The van der Waals surface area contributed by atoms with Crippen LogP contribution in [0.1, 0.15) is 46.5 Å². The van der Waals surface area contributed by atoms with Crippen LogP contribution in [0.5, 0.6) is 0 Å². The Balaban J connectivity index is 1.98. The second-order valence-corrected chi connectivity index (χ2v) is 6.07. The summed E-state index contributed by atoms with van der Waals surface area (Å²) in [5.74, 6) is 1.18. The molecule has 102 valence electrons. The molecule has 3 atom stereocenters. The molecule has 2 aliphatic rings. The number of rotatable bonds is 5. The Morgan fingerprint density at radius 3 is 2.72 bits per heavy atom. The molecule has 0 aromatic carbocycles. The molecule has 0 bridgehead atoms. The van der Waals surface area contributed by atoms with Crippen LogP contribution in [-0.4, -0.2) is 35.3 Å². The van der Waals surface area contributed by atoms with Gasteiger partial charge in [0.05, 0.1) is 6.54 Å². The summed E-state index contributed by atoms with van der Waals surface area (Å²) < 4.78 is 0. The smallest absolute Gasteiger partial charge is 0.245 e. The van der Waals surface area contributed by atoms with Crippen LogP contribution in [0.3, 0.4) is 0 Å². The summed E-state index contributed by atoms with van der Waals surface area (Å²) in [6.07, 6.45) is 4.16. The first kappa shape index (κ1) is 13.4. The van der Waals surface area contributed by atoms with Gasteiger partial charge in [0.15, 0.2) is 0 Å². The zero-order valence-corrected chi connectivity index (χ0v) is 11.6. The molecule has 18 heavy (non-hydrogen) atoms. The third-order valence-corrected chi connectivity index (χ3v) is 3.88. The van der Waals surface area contributed by atoms with Gasteiger partial charge in [0.2, 0.25) is 11.8 Å². The Labute approximate surface area is 109 Å². The molecule has 3 unspecified atom stereocenters. The van der Waals surface area contributed by atoms with Gasteiger partial charge in [0.25, 0.3) is 0 Å². The fourth-order valence-electron chi connectivity index (χ4n) is 2.94. The molecule has 1 heterocycles. The maximum Gasteiger partial charge on any atom is 0.245 e. The Bertz CT molecular complexity index is 341. The zero-order valence-electron chi connectivity index (χ0n) is 11.6. The minimum Gasteiger partial charge on any atom is -0.343 e. The maximum atomic E-state index is 12.3. The average molecular weight is 252 g/mol. The summed E-state index contributed by atoms with van der Waals surface area (Å²) in [7, 11) is 0. The minimum atomic E-state index is -0.297. The molecule has 0 spiro atoms. The molecule has 4 nitrogen and oxygen atoms in total. The summed E-state index contributed by atoms with van der Waals surface area (Å²) in [6.45, 7) is 6.59. The van der Waals surface area contributed by atoms with Crippen LogP contribution in [0.2, 0.25) is 0 Å². The predicted molar refractivity (Wildman–Crippen MR) is 69.9 cm³/mol. The SMILES string of the molecule is CCCC1CC1N1CC(=O)NC(CC(C)C)C1=O. The van der Waals surface area contributed by atoms with E-state index in [9.17, 15) is 9.59 Å². The van der Waals surface area contributed by atoms with Crippen LogP contribution in [0, 0.1) is 11.8 Å². The molecule has 2 amide bonds. The van der Waals surface area contributed by atoms with Gasteiger partial charge >= 0.3 is 0 Å². The van der Waals surface area contributed by atoms with E-state index in [-0.39, 0.29) is 24.4 Å². The van der Waals surface area contributed by atoms with Gasteiger partial charge < -0.3 is 10.2 Å². The second kappa shape index (κ2) is 5.29. The fourth-order valence-corrected chi connectivity index (χ4v) is 2.94. The quantitative estimate of drug-likeness (QED) is 0.807. The third-order valence-electron chi connectivity index (χ3n) is 3.88. The largest absolute Gasteiger partial charge is 0.343 e. The topological polar surface area (TPSA) is 49.4 Å². The Morgan fingerprint density at radius 2 is 2.11 bits per heavy atom. The number of nitrogens with zero attached hydrogens (tertiary/aromatic N) is 1. The highest BCUT2D eigenvalue weighted by Gasteiger charge is 2.47. The van der Waals surface area contributed by atoms with E-state index in [1.54, 1.807) is 0 Å². The molecule has 0 aromatic rings. The van der Waals surface area contributed by atoms with Crippen molar-refractivity contribution in [1.29, 1.82) is 0 Å². The lowest BCUT2D eigenvalue weighted by molar-refractivity contribution is -0.145. The summed E-state index contributed by atoms with van der Waals surface area (Å²) in [6, 6.07) is 0.0345. The fraction of sp³-hybridized carbons (Fsp3) is 0.857. The van der Waals surface area contributed by atoms with E-state index < -0.39 is 0 Å². The highest BCUT2D eigenvalue weighted by Crippen LogP contribution is 2.40. The highest BCUT2D eigenvalue weighted by atomic mass is 16.2. The van der Waals surface area contributed by atoms with E-state index in [1.165, 1.54) is 6.42 Å². The van der Waals surface area contributed by atoms with E-state index in [0.717, 1.165) is 19.3 Å². The number of nitrogens with one attached hydrogen (secondary N) is 1. The van der Waals surface area contributed by atoms with E-state index in [4.69, 9.17) is 0 Å². The van der Waals surface area contributed by atoms with Crippen LogP contribution in [0.4, 0.5) is 0 Å². The van der Waals surface area contributed by atoms with Crippen molar-refractivity contribution < 1.29 is 9.59 Å². The molecule has 0 aromatic heterocycles. The van der Waals surface area contributed by atoms with Crippen LogP contribution in [0.15, 0.2) is 0 Å². The van der Waals surface area contributed by atoms with Crippen molar-refractivity contribution in [2.45, 2.75) is 58.5 Å². The average Bonchev–Trinajstić information content (AvgIpc) is 3.02. The Morgan fingerprint density at radius 1 is 1.39 bits per heavy atom. The number of carbonyl (C=O) groups excluding carboxylic acids is 2. The molecule has 0 radical (unpaired) electrons. The maximum absolute atomic E-state index is 12.3. The van der Waals surface area contributed by atoms with Crippen LogP contribution < -0.4 is 5.32 Å². The molecule has 4 heteroatoms. The molecular formula is C14H24N2O2. The highest BCUT2D eigenvalue weighted by molar-refractivity contribution is 5.95. The van der Waals surface area contributed by atoms with Crippen molar-refractivity contribution in [2.24, 2.45) is 11.8 Å². The van der Waals surface area contributed by atoms with Crippen LogP contribution in [0.25, 0.3) is 0 Å². The molecule has 1 N–H and O–H groups in total. The molecule has 2 fully saturated rings. The Hall–Kier alpha value is -1.06. The summed E-state index contributed by atoms with van der Waals surface area (Å²) in [4.78, 5) is 25.9. The van der Waals surface area contributed by atoms with E-state index in [0.29, 0.717) is 17.9 Å². The Kier molecular flexibility index (Phi) is 3.93. The van der Waals surface area contributed by atoms with E-state index in [1.807, 2.05) is 4.90 Å². The number of hydrogen-bond acceptors (Lipinski definition) is 2. The van der Waals surface area contributed by atoms with Gasteiger partial charge in [0.1, 0.15) is 6.04 Å². The minimum absolute atomic E-state index is 0.00222. The van der Waals surface area contributed by atoms with Gasteiger partial charge in [-0.1, -0.05) is 27.2 Å². The van der Waals surface area contributed by atoms with E-state index in [2.05, 4.69) is 26.1 Å². The second-order valence-electron chi connectivity index (χ2n) is 6.07. The molecule has 1 aliphatic heterocycles. The first-order chi connectivity index (χ1) is 8.52. The third kappa shape index (κ3) is 2.85. The standard InChI is InChI=1S/C14H24N2O2/c1-4-5-10-7-12(10)16-8-13(17)15-11(14(16)18)6-9(2)3/h9-12H,4-8H2,1-3H3,(H,15,17). The van der Waals surface area contributed by atoms with Crippen LogP contribution >= 0.6 is 0 Å². The summed E-state index contributed by atoms with van der Waals surface area (Å²) >= 11 is 0. The lowest BCUT2D eigenvalue weighted by Crippen LogP contribution is -2.59. The van der Waals surface area contributed by atoms with Gasteiger partial charge in [-0.2, -0.15) is 0 Å². The van der Waals surface area contributed by atoms with Crippen molar-refractivity contribution in [2.75, 3.05) is 6.54 Å². The monoisotopic (exact) mass is 252 g/mol. The van der Waals surface area contributed by atoms with Crippen molar-refractivity contribution in [3.63, 3.8) is 0 Å². The molecule has 1 aliphatic carbocycles. The van der Waals surface area contributed by atoms with Crippen LogP contribution in [-0.2, 0) is 9.59 Å².